The number of imide groups is 1. The van der Waals surface area contributed by atoms with Crippen LogP contribution < -0.4 is 16.4 Å². The van der Waals surface area contributed by atoms with Crippen LogP contribution in [0, 0.1) is 5.82 Å². The van der Waals surface area contributed by atoms with Crippen molar-refractivity contribution < 1.29 is 23.5 Å². The van der Waals surface area contributed by atoms with E-state index in [1.165, 1.54) is 13.2 Å². The number of nitrogen functional groups attached to an aromatic ring is 1. The van der Waals surface area contributed by atoms with E-state index in [1.807, 2.05) is 0 Å². The van der Waals surface area contributed by atoms with Gasteiger partial charge in [-0.25, -0.2) is 9.18 Å². The molecule has 21 heavy (non-hydrogen) atoms. The van der Waals surface area contributed by atoms with Crippen LogP contribution in [-0.2, 0) is 14.3 Å². The Morgan fingerprint density at radius 3 is 2.81 bits per heavy atom. The molecule has 1 unspecified atom stereocenters. The molecule has 0 spiro atoms. The highest BCUT2D eigenvalue weighted by atomic mass is 19.1. The first-order valence-corrected chi connectivity index (χ1v) is 6.20. The summed E-state index contributed by atoms with van der Waals surface area (Å²) in [6, 6.07) is 1.40. The fourth-order valence-electron chi connectivity index (χ4n) is 2.00. The number of carbonyl (C=O) groups excluding carboxylic acids is 3. The summed E-state index contributed by atoms with van der Waals surface area (Å²) in [4.78, 5) is 34.2. The van der Waals surface area contributed by atoms with E-state index in [-0.39, 0.29) is 35.7 Å². The number of amides is 2. The zero-order chi connectivity index (χ0) is 15.6. The van der Waals surface area contributed by atoms with E-state index in [0.717, 1.165) is 6.07 Å². The summed E-state index contributed by atoms with van der Waals surface area (Å²) in [5.74, 6) is -2.32. The maximum absolute atomic E-state index is 13.9. The number of ether oxygens (including phenoxy) is 1. The van der Waals surface area contributed by atoms with Crippen LogP contribution in [0.2, 0.25) is 0 Å². The number of hydrogen-bond donors (Lipinski definition) is 3. The molecule has 1 saturated heterocycles. The molecule has 4 N–H and O–H groups in total. The van der Waals surface area contributed by atoms with Crippen LogP contribution >= 0.6 is 0 Å². The smallest absolute Gasteiger partial charge is 0.340 e. The lowest BCUT2D eigenvalue weighted by Crippen LogP contribution is -2.47. The van der Waals surface area contributed by atoms with Gasteiger partial charge >= 0.3 is 5.97 Å². The summed E-state index contributed by atoms with van der Waals surface area (Å²) in [6.45, 7) is 0. The lowest BCUT2D eigenvalue weighted by Gasteiger charge is -2.23. The van der Waals surface area contributed by atoms with Gasteiger partial charge < -0.3 is 15.8 Å². The van der Waals surface area contributed by atoms with Crippen molar-refractivity contribution in [3.8, 4) is 0 Å². The molecule has 1 heterocycles. The fourth-order valence-corrected chi connectivity index (χ4v) is 2.00. The van der Waals surface area contributed by atoms with E-state index in [0.29, 0.717) is 0 Å². The molecule has 1 aromatic rings. The van der Waals surface area contributed by atoms with Crippen LogP contribution in [0.15, 0.2) is 12.1 Å². The molecule has 1 aromatic carbocycles. The number of rotatable bonds is 3. The molecule has 2 amide bonds. The van der Waals surface area contributed by atoms with Gasteiger partial charge in [0.05, 0.1) is 18.4 Å². The number of carbonyl (C=O) groups is 3. The standard InChI is InChI=1S/C13H14FN3O4/c1-21-13(20)6-4-10(7(14)5-8(6)15)16-9-2-3-11(18)17-12(9)19/h4-5,9,16H,2-3,15H2,1H3,(H,17,18,19). The number of nitrogens with two attached hydrogens (primary N) is 1. The van der Waals surface area contributed by atoms with Gasteiger partial charge in [-0.2, -0.15) is 0 Å². The molecule has 1 fully saturated rings. The molecular weight excluding hydrogens is 281 g/mol. The lowest BCUT2D eigenvalue weighted by atomic mass is 10.0. The molecule has 112 valence electrons. The molecule has 8 heteroatoms. The van der Waals surface area contributed by atoms with Crippen LogP contribution in [0.4, 0.5) is 15.8 Å². The van der Waals surface area contributed by atoms with Crippen LogP contribution in [0.5, 0.6) is 0 Å². The first-order chi connectivity index (χ1) is 9.92. The maximum atomic E-state index is 13.9. The minimum Gasteiger partial charge on any atom is -0.465 e. The molecule has 1 aliphatic rings. The number of benzene rings is 1. The van der Waals surface area contributed by atoms with Crippen LogP contribution in [-0.4, -0.2) is 30.9 Å². The average molecular weight is 295 g/mol. The summed E-state index contributed by atoms with van der Waals surface area (Å²) in [5, 5.41) is 4.81. The number of nitrogens with one attached hydrogen (secondary N) is 2. The van der Waals surface area contributed by atoms with Crippen molar-refractivity contribution in [1.29, 1.82) is 0 Å². The number of methoxy groups -OCH3 is 1. The third-order valence-corrected chi connectivity index (χ3v) is 3.11. The van der Waals surface area contributed by atoms with Gasteiger partial charge in [0.15, 0.2) is 0 Å². The van der Waals surface area contributed by atoms with Crippen molar-refractivity contribution in [1.82, 2.24) is 5.32 Å². The number of anilines is 2. The van der Waals surface area contributed by atoms with Gasteiger partial charge in [0.2, 0.25) is 11.8 Å². The van der Waals surface area contributed by atoms with Crippen molar-refractivity contribution in [2.45, 2.75) is 18.9 Å². The molecule has 0 saturated carbocycles. The number of hydrogen-bond acceptors (Lipinski definition) is 6. The van der Waals surface area contributed by atoms with E-state index < -0.39 is 23.7 Å². The van der Waals surface area contributed by atoms with Gasteiger partial charge in [0.25, 0.3) is 0 Å². The molecule has 0 bridgehead atoms. The Morgan fingerprint density at radius 2 is 2.19 bits per heavy atom. The second-order valence-corrected chi connectivity index (χ2v) is 4.56. The normalized spacial score (nSPS) is 18.1. The second-order valence-electron chi connectivity index (χ2n) is 4.56. The van der Waals surface area contributed by atoms with Crippen molar-refractivity contribution in [3.63, 3.8) is 0 Å². The predicted molar refractivity (Wildman–Crippen MR) is 71.9 cm³/mol. The quantitative estimate of drug-likeness (QED) is 0.423. The van der Waals surface area contributed by atoms with Crippen molar-refractivity contribution in [2.75, 3.05) is 18.2 Å². The number of piperidine rings is 1. The van der Waals surface area contributed by atoms with Gasteiger partial charge in [-0.15, -0.1) is 0 Å². The molecule has 0 aromatic heterocycles. The second kappa shape index (κ2) is 5.78. The molecule has 1 atom stereocenters. The minimum atomic E-state index is -0.758. The van der Waals surface area contributed by atoms with Crippen molar-refractivity contribution in [2.24, 2.45) is 0 Å². The highest BCUT2D eigenvalue weighted by Gasteiger charge is 2.27. The molecular formula is C13H14FN3O4. The highest BCUT2D eigenvalue weighted by Crippen LogP contribution is 2.24. The summed E-state index contributed by atoms with van der Waals surface area (Å²) in [5.41, 5.74) is 5.43. The number of halogens is 1. The zero-order valence-corrected chi connectivity index (χ0v) is 11.2. The Bertz CT molecular complexity index is 618. The summed E-state index contributed by atoms with van der Waals surface area (Å²) in [7, 11) is 1.18. The van der Waals surface area contributed by atoms with E-state index in [2.05, 4.69) is 15.4 Å². The number of esters is 1. The van der Waals surface area contributed by atoms with Crippen molar-refractivity contribution >= 4 is 29.2 Å². The largest absolute Gasteiger partial charge is 0.465 e. The Kier molecular flexibility index (Phi) is 4.06. The van der Waals surface area contributed by atoms with Gasteiger partial charge in [-0.1, -0.05) is 0 Å². The van der Waals surface area contributed by atoms with E-state index in [1.54, 1.807) is 0 Å². The highest BCUT2D eigenvalue weighted by molar-refractivity contribution is 6.02. The van der Waals surface area contributed by atoms with Crippen molar-refractivity contribution in [3.05, 3.63) is 23.5 Å². The molecule has 0 aliphatic carbocycles. The Morgan fingerprint density at radius 1 is 1.48 bits per heavy atom. The molecule has 2 rings (SSSR count). The van der Waals surface area contributed by atoms with Gasteiger partial charge in [0, 0.05) is 12.1 Å². The Hall–Kier alpha value is -2.64. The van der Waals surface area contributed by atoms with E-state index in [4.69, 9.17) is 5.73 Å². The first-order valence-electron chi connectivity index (χ1n) is 6.20. The Labute approximate surface area is 119 Å². The van der Waals surface area contributed by atoms with Crippen LogP contribution in [0.3, 0.4) is 0 Å². The van der Waals surface area contributed by atoms with E-state index >= 15 is 0 Å². The molecule has 1 aliphatic heterocycles. The summed E-state index contributed by atoms with van der Waals surface area (Å²) < 4.78 is 18.4. The average Bonchev–Trinajstić information content (AvgIpc) is 2.43. The zero-order valence-electron chi connectivity index (χ0n) is 11.2. The minimum absolute atomic E-state index is 0.00584. The SMILES string of the molecule is COC(=O)c1cc(NC2CCC(=O)NC2=O)c(F)cc1N. The fraction of sp³-hybridized carbons (Fsp3) is 0.308. The molecule has 0 radical (unpaired) electrons. The first kappa shape index (κ1) is 14.8. The topological polar surface area (TPSA) is 111 Å². The monoisotopic (exact) mass is 295 g/mol. The summed E-state index contributed by atoms with van der Waals surface area (Å²) in [6.07, 6.45) is 0.395. The van der Waals surface area contributed by atoms with Gasteiger partial charge in [-0.05, 0) is 18.6 Å². The van der Waals surface area contributed by atoms with Gasteiger partial charge in [0.1, 0.15) is 11.9 Å². The predicted octanol–water partition coefficient (Wildman–Crippen LogP) is 0.412. The van der Waals surface area contributed by atoms with Crippen LogP contribution in [0.1, 0.15) is 23.2 Å². The van der Waals surface area contributed by atoms with E-state index in [9.17, 15) is 18.8 Å². The summed E-state index contributed by atoms with van der Waals surface area (Å²) >= 11 is 0. The maximum Gasteiger partial charge on any atom is 0.340 e. The Balaban J connectivity index is 2.25. The van der Waals surface area contributed by atoms with Gasteiger partial charge in [-0.3, -0.25) is 14.9 Å². The third kappa shape index (κ3) is 3.10. The molecule has 7 nitrogen and oxygen atoms in total. The lowest BCUT2D eigenvalue weighted by molar-refractivity contribution is -0.133. The third-order valence-electron chi connectivity index (χ3n) is 3.11. The van der Waals surface area contributed by atoms with Crippen LogP contribution in [0.25, 0.3) is 0 Å².